The van der Waals surface area contributed by atoms with Crippen LogP contribution in [0.2, 0.25) is 0 Å². The minimum absolute atomic E-state index is 0.0469. The molecule has 1 aromatic carbocycles. The number of alkyl halides is 1. The number of halogens is 1. The minimum Gasteiger partial charge on any atom is -0.348 e. The molecular formula is C18H27BrN2O. The molecular weight excluding hydrogens is 340 g/mol. The number of hydrogen-bond donors (Lipinski definition) is 1. The van der Waals surface area contributed by atoms with Gasteiger partial charge in [0.15, 0.2) is 0 Å². The molecule has 2 unspecified atom stereocenters. The Hall–Kier alpha value is -0.870. The van der Waals surface area contributed by atoms with Crippen molar-refractivity contribution in [1.29, 1.82) is 0 Å². The molecule has 0 aromatic heterocycles. The summed E-state index contributed by atoms with van der Waals surface area (Å²) in [6.07, 6.45) is 3.66. The molecule has 1 N–H and O–H groups in total. The molecule has 122 valence electrons. The summed E-state index contributed by atoms with van der Waals surface area (Å²) in [5.41, 5.74) is 1.94. The topological polar surface area (TPSA) is 32.3 Å². The van der Waals surface area contributed by atoms with Crippen LogP contribution in [0.3, 0.4) is 0 Å². The SMILES string of the molecule is CCC(C)C(CN1CCCC1)NC(=O)c1ccc(CBr)cc1. The normalized spacial score (nSPS) is 18.1. The van der Waals surface area contributed by atoms with E-state index in [0.29, 0.717) is 5.92 Å². The standard InChI is InChI=1S/C18H27BrN2O/c1-3-14(2)17(13-21-10-4-5-11-21)20-18(22)16-8-6-15(12-19)7-9-16/h6-9,14,17H,3-5,10-13H2,1-2H3,(H,20,22). The monoisotopic (exact) mass is 366 g/mol. The van der Waals surface area contributed by atoms with Crippen molar-refractivity contribution in [2.75, 3.05) is 19.6 Å². The van der Waals surface area contributed by atoms with E-state index < -0.39 is 0 Å². The molecule has 3 nitrogen and oxygen atoms in total. The largest absolute Gasteiger partial charge is 0.348 e. The summed E-state index contributed by atoms with van der Waals surface area (Å²) < 4.78 is 0. The summed E-state index contributed by atoms with van der Waals surface area (Å²) in [5.74, 6) is 0.539. The lowest BCUT2D eigenvalue weighted by Gasteiger charge is -2.28. The van der Waals surface area contributed by atoms with Crippen LogP contribution in [0.5, 0.6) is 0 Å². The van der Waals surface area contributed by atoms with Crippen LogP contribution in [-0.4, -0.2) is 36.5 Å². The van der Waals surface area contributed by atoms with Gasteiger partial charge in [-0.2, -0.15) is 0 Å². The number of nitrogens with one attached hydrogen (secondary N) is 1. The van der Waals surface area contributed by atoms with E-state index in [4.69, 9.17) is 0 Å². The van der Waals surface area contributed by atoms with Gasteiger partial charge in [0.25, 0.3) is 5.91 Å². The summed E-state index contributed by atoms with van der Waals surface area (Å²) in [7, 11) is 0. The van der Waals surface area contributed by atoms with Gasteiger partial charge in [-0.1, -0.05) is 48.3 Å². The molecule has 0 spiro atoms. The van der Waals surface area contributed by atoms with Crippen LogP contribution in [0, 0.1) is 5.92 Å². The van der Waals surface area contributed by atoms with Gasteiger partial charge in [-0.05, 0) is 49.5 Å². The summed E-state index contributed by atoms with van der Waals surface area (Å²) in [5, 5.41) is 4.07. The predicted octanol–water partition coefficient (Wildman–Crippen LogP) is 3.82. The fraction of sp³-hybridized carbons (Fsp3) is 0.611. The maximum absolute atomic E-state index is 12.5. The van der Waals surface area contributed by atoms with E-state index in [0.717, 1.165) is 23.9 Å². The number of benzene rings is 1. The highest BCUT2D eigenvalue weighted by Crippen LogP contribution is 2.15. The molecule has 0 bridgehead atoms. The highest BCUT2D eigenvalue weighted by atomic mass is 79.9. The van der Waals surface area contributed by atoms with Gasteiger partial charge in [0.1, 0.15) is 0 Å². The first kappa shape index (κ1) is 17.5. The van der Waals surface area contributed by atoms with Crippen molar-refractivity contribution < 1.29 is 4.79 Å². The molecule has 1 heterocycles. The molecule has 22 heavy (non-hydrogen) atoms. The number of carbonyl (C=O) groups excluding carboxylic acids is 1. The quantitative estimate of drug-likeness (QED) is 0.743. The number of nitrogens with zero attached hydrogens (tertiary/aromatic N) is 1. The number of amides is 1. The van der Waals surface area contributed by atoms with Gasteiger partial charge in [0.2, 0.25) is 0 Å². The first-order valence-corrected chi connectivity index (χ1v) is 9.44. The Kier molecular flexibility index (Phi) is 6.90. The Morgan fingerprint density at radius 1 is 1.27 bits per heavy atom. The van der Waals surface area contributed by atoms with Crippen LogP contribution in [-0.2, 0) is 5.33 Å². The Bertz CT molecular complexity index is 468. The van der Waals surface area contributed by atoms with Crippen LogP contribution in [0.15, 0.2) is 24.3 Å². The molecule has 2 rings (SSSR count). The average Bonchev–Trinajstić information content (AvgIpc) is 3.06. The molecule has 1 amide bonds. The molecule has 0 saturated carbocycles. The minimum atomic E-state index is 0.0469. The zero-order valence-corrected chi connectivity index (χ0v) is 15.2. The van der Waals surface area contributed by atoms with Crippen LogP contribution >= 0.6 is 15.9 Å². The van der Waals surface area contributed by atoms with Crippen molar-refractivity contribution in [2.45, 2.75) is 44.5 Å². The van der Waals surface area contributed by atoms with E-state index >= 15 is 0 Å². The van der Waals surface area contributed by atoms with E-state index in [1.807, 2.05) is 24.3 Å². The van der Waals surface area contributed by atoms with Gasteiger partial charge in [-0.15, -0.1) is 0 Å². The lowest BCUT2D eigenvalue weighted by molar-refractivity contribution is 0.0909. The number of carbonyl (C=O) groups is 1. The van der Waals surface area contributed by atoms with Gasteiger partial charge in [-0.3, -0.25) is 4.79 Å². The van der Waals surface area contributed by atoms with Crippen LogP contribution in [0.1, 0.15) is 49.0 Å². The van der Waals surface area contributed by atoms with Gasteiger partial charge < -0.3 is 10.2 Å². The van der Waals surface area contributed by atoms with Crippen molar-refractivity contribution in [1.82, 2.24) is 10.2 Å². The number of rotatable bonds is 7. The average molecular weight is 367 g/mol. The molecule has 0 radical (unpaired) electrons. The smallest absolute Gasteiger partial charge is 0.251 e. The summed E-state index contributed by atoms with van der Waals surface area (Å²) in [6.45, 7) is 7.74. The number of hydrogen-bond acceptors (Lipinski definition) is 2. The van der Waals surface area contributed by atoms with Crippen LogP contribution in [0.25, 0.3) is 0 Å². The van der Waals surface area contributed by atoms with Crippen molar-refractivity contribution in [2.24, 2.45) is 5.92 Å². The Balaban J connectivity index is 1.99. The molecule has 1 aromatic rings. The van der Waals surface area contributed by atoms with Gasteiger partial charge in [0.05, 0.1) is 0 Å². The molecule has 1 aliphatic rings. The van der Waals surface area contributed by atoms with E-state index in [1.54, 1.807) is 0 Å². The maximum Gasteiger partial charge on any atom is 0.251 e. The van der Waals surface area contributed by atoms with Crippen LogP contribution in [0.4, 0.5) is 0 Å². The molecule has 1 aliphatic heterocycles. The maximum atomic E-state index is 12.5. The second-order valence-electron chi connectivity index (χ2n) is 6.30. The number of likely N-dealkylation sites (tertiary alicyclic amines) is 1. The van der Waals surface area contributed by atoms with Crippen molar-refractivity contribution in [3.63, 3.8) is 0 Å². The third-order valence-corrected chi connectivity index (χ3v) is 5.32. The second kappa shape index (κ2) is 8.68. The highest BCUT2D eigenvalue weighted by Gasteiger charge is 2.23. The Morgan fingerprint density at radius 3 is 2.45 bits per heavy atom. The Labute approximate surface area is 142 Å². The summed E-state index contributed by atoms with van der Waals surface area (Å²) >= 11 is 3.43. The third-order valence-electron chi connectivity index (χ3n) is 4.67. The Morgan fingerprint density at radius 2 is 1.91 bits per heavy atom. The summed E-state index contributed by atoms with van der Waals surface area (Å²) in [4.78, 5) is 15.0. The van der Waals surface area contributed by atoms with E-state index in [2.05, 4.69) is 40.0 Å². The predicted molar refractivity (Wildman–Crippen MR) is 95.5 cm³/mol. The first-order valence-electron chi connectivity index (χ1n) is 8.32. The van der Waals surface area contributed by atoms with E-state index in [9.17, 15) is 4.79 Å². The van der Waals surface area contributed by atoms with Gasteiger partial charge in [-0.25, -0.2) is 0 Å². The van der Waals surface area contributed by atoms with Gasteiger partial charge >= 0.3 is 0 Å². The lowest BCUT2D eigenvalue weighted by atomic mass is 9.98. The fourth-order valence-corrected chi connectivity index (χ4v) is 3.27. The van der Waals surface area contributed by atoms with Gasteiger partial charge in [0, 0.05) is 23.5 Å². The molecule has 0 aliphatic carbocycles. The second-order valence-corrected chi connectivity index (χ2v) is 6.86. The fourth-order valence-electron chi connectivity index (χ4n) is 2.89. The molecule has 1 fully saturated rings. The molecule has 4 heteroatoms. The lowest BCUT2D eigenvalue weighted by Crippen LogP contribution is -2.46. The van der Waals surface area contributed by atoms with Crippen molar-refractivity contribution >= 4 is 21.8 Å². The van der Waals surface area contributed by atoms with Crippen molar-refractivity contribution in [3.05, 3.63) is 35.4 Å². The first-order chi connectivity index (χ1) is 10.6. The molecule has 2 atom stereocenters. The highest BCUT2D eigenvalue weighted by molar-refractivity contribution is 9.08. The third kappa shape index (κ3) is 4.82. The summed E-state index contributed by atoms with van der Waals surface area (Å²) in [6, 6.07) is 8.06. The van der Waals surface area contributed by atoms with E-state index in [-0.39, 0.29) is 11.9 Å². The van der Waals surface area contributed by atoms with Crippen molar-refractivity contribution in [3.8, 4) is 0 Å². The molecule has 1 saturated heterocycles. The van der Waals surface area contributed by atoms with Crippen LogP contribution < -0.4 is 5.32 Å². The zero-order chi connectivity index (χ0) is 15.9. The van der Waals surface area contributed by atoms with E-state index in [1.165, 1.54) is 31.5 Å². The zero-order valence-electron chi connectivity index (χ0n) is 13.6.